The van der Waals surface area contributed by atoms with Gasteiger partial charge in [-0.2, -0.15) is 0 Å². The second-order valence-electron chi connectivity index (χ2n) is 6.06. The lowest BCUT2D eigenvalue weighted by molar-refractivity contribution is -0.125. The van der Waals surface area contributed by atoms with Gasteiger partial charge in [0, 0.05) is 24.6 Å². The monoisotopic (exact) mass is 293 g/mol. The Labute approximate surface area is 130 Å². The summed E-state index contributed by atoms with van der Waals surface area (Å²) in [7, 11) is 1.68. The lowest BCUT2D eigenvalue weighted by atomic mass is 9.84. The van der Waals surface area contributed by atoms with Gasteiger partial charge < -0.3 is 9.64 Å². The van der Waals surface area contributed by atoms with E-state index in [1.54, 1.807) is 7.11 Å². The van der Waals surface area contributed by atoms with Crippen molar-refractivity contribution >= 4 is 22.6 Å². The molecule has 3 aliphatic heterocycles. The third-order valence-electron chi connectivity index (χ3n) is 4.89. The van der Waals surface area contributed by atoms with Crippen molar-refractivity contribution in [3.05, 3.63) is 47.7 Å². The van der Waals surface area contributed by atoms with Crippen LogP contribution in [0, 0.1) is 5.92 Å². The number of piperidine rings is 3. The van der Waals surface area contributed by atoms with Gasteiger partial charge in [-0.1, -0.05) is 30.3 Å². The van der Waals surface area contributed by atoms with Crippen LogP contribution in [0.25, 0.3) is 16.8 Å². The smallest absolute Gasteiger partial charge is 0.182 e. The number of hydrogen-bond acceptors (Lipinski definition) is 3. The number of ether oxygens (including phenoxy) is 1. The van der Waals surface area contributed by atoms with E-state index in [1.165, 1.54) is 5.39 Å². The molecule has 3 heterocycles. The zero-order valence-corrected chi connectivity index (χ0v) is 12.7. The summed E-state index contributed by atoms with van der Waals surface area (Å²) in [6, 6.07) is 12.3. The molecule has 2 aromatic carbocycles. The molecule has 0 radical (unpaired) electrons. The minimum Gasteiger partial charge on any atom is -0.496 e. The molecule has 0 amide bonds. The number of allylic oxidation sites excluding steroid dienone is 1. The van der Waals surface area contributed by atoms with Crippen molar-refractivity contribution in [1.29, 1.82) is 0 Å². The summed E-state index contributed by atoms with van der Waals surface area (Å²) in [4.78, 5) is 14.8. The number of hydrogen-bond donors (Lipinski definition) is 0. The highest BCUT2D eigenvalue weighted by Gasteiger charge is 2.36. The van der Waals surface area contributed by atoms with Crippen LogP contribution in [0.1, 0.15) is 18.4 Å². The van der Waals surface area contributed by atoms with Gasteiger partial charge in [0.25, 0.3) is 0 Å². The molecule has 0 aromatic heterocycles. The van der Waals surface area contributed by atoms with Crippen molar-refractivity contribution < 1.29 is 9.53 Å². The minimum atomic E-state index is 0.220. The number of carbonyl (C=O) groups is 1. The maximum absolute atomic E-state index is 12.6. The highest BCUT2D eigenvalue weighted by Crippen LogP contribution is 2.36. The van der Waals surface area contributed by atoms with E-state index in [0.29, 0.717) is 5.78 Å². The molecular formula is C19H19NO2. The van der Waals surface area contributed by atoms with Gasteiger partial charge in [-0.25, -0.2) is 0 Å². The number of fused-ring (bicyclic) bond motifs is 4. The highest BCUT2D eigenvalue weighted by molar-refractivity contribution is 6.04. The maximum Gasteiger partial charge on any atom is 0.182 e. The number of methoxy groups -OCH3 is 1. The van der Waals surface area contributed by atoms with Crippen LogP contribution in [-0.4, -0.2) is 30.9 Å². The van der Waals surface area contributed by atoms with E-state index in [4.69, 9.17) is 4.74 Å². The first-order valence-electron chi connectivity index (χ1n) is 7.84. The molecule has 3 fully saturated rings. The van der Waals surface area contributed by atoms with E-state index >= 15 is 0 Å². The van der Waals surface area contributed by atoms with Gasteiger partial charge in [-0.3, -0.25) is 4.79 Å². The molecule has 0 atom stereocenters. The van der Waals surface area contributed by atoms with Crippen LogP contribution in [0.2, 0.25) is 0 Å². The summed E-state index contributed by atoms with van der Waals surface area (Å²) in [5, 5.41) is 2.29. The lowest BCUT2D eigenvalue weighted by Crippen LogP contribution is -2.45. The van der Waals surface area contributed by atoms with Crippen LogP contribution in [0.15, 0.2) is 42.1 Å². The zero-order chi connectivity index (χ0) is 15.1. The van der Waals surface area contributed by atoms with Crippen LogP contribution in [0.5, 0.6) is 5.75 Å². The SMILES string of the molecule is COc1ccc2ccccc2c1C=C1C(=O)C2CCN1CC2. The lowest BCUT2D eigenvalue weighted by Gasteiger charge is -2.41. The van der Waals surface area contributed by atoms with Gasteiger partial charge in [0.15, 0.2) is 5.78 Å². The molecule has 2 bridgehead atoms. The minimum absolute atomic E-state index is 0.220. The Bertz CT molecular complexity index is 770. The Morgan fingerprint density at radius 2 is 1.91 bits per heavy atom. The largest absolute Gasteiger partial charge is 0.496 e. The second kappa shape index (κ2) is 5.16. The zero-order valence-electron chi connectivity index (χ0n) is 12.7. The van der Waals surface area contributed by atoms with Crippen LogP contribution < -0.4 is 4.74 Å². The van der Waals surface area contributed by atoms with E-state index in [-0.39, 0.29) is 5.92 Å². The molecule has 2 aromatic rings. The van der Waals surface area contributed by atoms with Crippen molar-refractivity contribution in [2.45, 2.75) is 12.8 Å². The maximum atomic E-state index is 12.6. The Morgan fingerprint density at radius 3 is 2.64 bits per heavy atom. The predicted molar refractivity (Wildman–Crippen MR) is 87.8 cm³/mol. The first kappa shape index (κ1) is 13.4. The summed E-state index contributed by atoms with van der Waals surface area (Å²) in [5.41, 5.74) is 1.87. The van der Waals surface area contributed by atoms with E-state index in [9.17, 15) is 4.79 Å². The number of ketones is 1. The topological polar surface area (TPSA) is 29.5 Å². The second-order valence-corrected chi connectivity index (χ2v) is 6.06. The molecular weight excluding hydrogens is 274 g/mol. The molecule has 3 aliphatic rings. The quantitative estimate of drug-likeness (QED) is 0.794. The molecule has 3 nitrogen and oxygen atoms in total. The number of benzene rings is 2. The molecule has 3 heteroatoms. The highest BCUT2D eigenvalue weighted by atomic mass is 16.5. The van der Waals surface area contributed by atoms with E-state index in [2.05, 4.69) is 23.1 Å². The van der Waals surface area contributed by atoms with Gasteiger partial charge in [0.05, 0.1) is 12.8 Å². The average molecular weight is 293 g/mol. The van der Waals surface area contributed by atoms with E-state index in [0.717, 1.165) is 48.3 Å². The van der Waals surface area contributed by atoms with Crippen molar-refractivity contribution in [2.24, 2.45) is 5.92 Å². The molecule has 0 saturated carbocycles. The molecule has 0 aliphatic carbocycles. The Hall–Kier alpha value is -2.29. The first-order chi connectivity index (χ1) is 10.8. The fraction of sp³-hybridized carbons (Fsp3) is 0.316. The molecule has 112 valence electrons. The van der Waals surface area contributed by atoms with Crippen molar-refractivity contribution in [1.82, 2.24) is 4.90 Å². The van der Waals surface area contributed by atoms with Crippen LogP contribution in [-0.2, 0) is 4.79 Å². The van der Waals surface area contributed by atoms with Crippen LogP contribution >= 0.6 is 0 Å². The number of rotatable bonds is 2. The van der Waals surface area contributed by atoms with Gasteiger partial charge in [-0.15, -0.1) is 0 Å². The molecule has 0 N–H and O–H groups in total. The molecule has 22 heavy (non-hydrogen) atoms. The normalized spacial score (nSPS) is 20.1. The first-order valence-corrected chi connectivity index (χ1v) is 7.84. The third kappa shape index (κ3) is 2.00. The number of Topliss-reactive ketones (excluding diaryl/α,β-unsaturated/α-hetero) is 1. The molecule has 0 unspecified atom stereocenters. The standard InChI is InChI=1S/C19H19NO2/c1-22-18-7-6-13-4-2-3-5-15(13)16(18)12-17-19(21)14-8-10-20(17)11-9-14/h2-7,12,14H,8-11H2,1H3. The Morgan fingerprint density at radius 1 is 1.14 bits per heavy atom. The number of nitrogens with zero attached hydrogens (tertiary/aromatic N) is 1. The predicted octanol–water partition coefficient (Wildman–Crippen LogP) is 3.48. The van der Waals surface area contributed by atoms with E-state index < -0.39 is 0 Å². The Kier molecular flexibility index (Phi) is 3.14. The average Bonchev–Trinajstić information content (AvgIpc) is 2.58. The summed E-state index contributed by atoms with van der Waals surface area (Å²) in [6.45, 7) is 1.99. The fourth-order valence-electron chi connectivity index (χ4n) is 3.65. The molecule has 3 saturated heterocycles. The molecule has 0 spiro atoms. The summed E-state index contributed by atoms with van der Waals surface area (Å²) < 4.78 is 5.54. The summed E-state index contributed by atoms with van der Waals surface area (Å²) in [5.74, 6) is 1.34. The van der Waals surface area contributed by atoms with E-state index in [1.807, 2.05) is 24.3 Å². The van der Waals surface area contributed by atoms with Crippen LogP contribution in [0.4, 0.5) is 0 Å². The van der Waals surface area contributed by atoms with Gasteiger partial charge in [-0.05, 0) is 35.8 Å². The van der Waals surface area contributed by atoms with Gasteiger partial charge >= 0.3 is 0 Å². The number of carbonyl (C=O) groups excluding carboxylic acids is 1. The Balaban J connectivity index is 1.90. The van der Waals surface area contributed by atoms with Crippen molar-refractivity contribution in [3.8, 4) is 5.75 Å². The summed E-state index contributed by atoms with van der Waals surface area (Å²) in [6.07, 6.45) is 4.04. The van der Waals surface area contributed by atoms with Gasteiger partial charge in [0.2, 0.25) is 0 Å². The van der Waals surface area contributed by atoms with Gasteiger partial charge in [0.1, 0.15) is 5.75 Å². The van der Waals surface area contributed by atoms with Crippen molar-refractivity contribution in [2.75, 3.05) is 20.2 Å². The fourth-order valence-corrected chi connectivity index (χ4v) is 3.65. The molecule has 5 rings (SSSR count). The summed E-state index contributed by atoms with van der Waals surface area (Å²) >= 11 is 0. The third-order valence-corrected chi connectivity index (χ3v) is 4.89. The van der Waals surface area contributed by atoms with Crippen molar-refractivity contribution in [3.63, 3.8) is 0 Å². The van der Waals surface area contributed by atoms with Crippen LogP contribution in [0.3, 0.4) is 0 Å².